The fourth-order valence-electron chi connectivity index (χ4n) is 11.8. The maximum absolute atomic E-state index is 14.0. The predicted octanol–water partition coefficient (Wildman–Crippen LogP) is 14.5. The molecular formula is C66H128N6O6. The molecule has 2 heterocycles. The molecule has 12 heteroatoms. The molecule has 458 valence electrons. The first-order valence-electron chi connectivity index (χ1n) is 33.8. The van der Waals surface area contributed by atoms with Crippen molar-refractivity contribution in [2.45, 2.75) is 298 Å². The first-order chi connectivity index (χ1) is 38.1. The number of nitrogens with zero attached hydrogens (tertiary/aromatic N) is 4. The Labute approximate surface area is 481 Å². The van der Waals surface area contributed by atoms with Crippen LogP contribution in [0.4, 0.5) is 0 Å². The maximum Gasteiger partial charge on any atom is 0.243 e. The lowest BCUT2D eigenvalue weighted by molar-refractivity contribution is -0.142. The van der Waals surface area contributed by atoms with E-state index in [9.17, 15) is 19.2 Å². The van der Waals surface area contributed by atoms with Crippen molar-refractivity contribution < 1.29 is 28.7 Å². The van der Waals surface area contributed by atoms with E-state index >= 15 is 0 Å². The number of carbonyl (C=O) groups excluding carboxylic acids is 4. The van der Waals surface area contributed by atoms with Gasteiger partial charge in [-0.2, -0.15) is 0 Å². The highest BCUT2D eigenvalue weighted by molar-refractivity contribution is 5.88. The van der Waals surface area contributed by atoms with Crippen molar-refractivity contribution in [2.24, 2.45) is 11.8 Å². The number of carbonyl (C=O) groups is 4. The Bertz CT molecular complexity index is 1320. The van der Waals surface area contributed by atoms with Crippen LogP contribution in [-0.2, 0) is 28.7 Å². The van der Waals surface area contributed by atoms with Crippen LogP contribution in [0.25, 0.3) is 0 Å². The van der Waals surface area contributed by atoms with Gasteiger partial charge < -0.3 is 29.9 Å². The normalized spacial score (nSPS) is 15.2. The molecule has 12 nitrogen and oxygen atoms in total. The SMILES string of the molecule is CCCCCCCCCCCCCCCCCC(=O)N(CCCN1CCOCC1)C(C(=O)NCCCCCCNC(=O)C(C(C)C)N(CCCN1CCOCC1)C(=O)CCCCCCCCCCCCCCCCC)C(C)C. The lowest BCUT2D eigenvalue weighted by Gasteiger charge is -2.35. The van der Waals surface area contributed by atoms with E-state index in [1.165, 1.54) is 167 Å². The Kier molecular flexibility index (Phi) is 46.5. The summed E-state index contributed by atoms with van der Waals surface area (Å²) >= 11 is 0. The van der Waals surface area contributed by atoms with Crippen LogP contribution in [0, 0.1) is 11.8 Å². The van der Waals surface area contributed by atoms with Gasteiger partial charge in [0.15, 0.2) is 0 Å². The van der Waals surface area contributed by atoms with Gasteiger partial charge in [-0.15, -0.1) is 0 Å². The average Bonchev–Trinajstić information content (AvgIpc) is 3.43. The summed E-state index contributed by atoms with van der Waals surface area (Å²) in [6, 6.07) is -0.977. The van der Waals surface area contributed by atoms with Gasteiger partial charge in [0.05, 0.1) is 26.4 Å². The molecule has 2 atom stereocenters. The minimum atomic E-state index is -0.488. The third kappa shape index (κ3) is 36.9. The van der Waals surface area contributed by atoms with Crippen LogP contribution < -0.4 is 10.6 Å². The zero-order valence-electron chi connectivity index (χ0n) is 52.3. The van der Waals surface area contributed by atoms with Crippen LogP contribution in [0.5, 0.6) is 0 Å². The summed E-state index contributed by atoms with van der Waals surface area (Å²) in [5.74, 6) is 0.141. The highest BCUT2D eigenvalue weighted by atomic mass is 16.5. The average molecular weight is 1100 g/mol. The monoisotopic (exact) mass is 1100 g/mol. The van der Waals surface area contributed by atoms with Gasteiger partial charge in [0, 0.05) is 78.3 Å². The zero-order chi connectivity index (χ0) is 56.5. The van der Waals surface area contributed by atoms with Crippen LogP contribution in [-0.4, -0.2) is 147 Å². The van der Waals surface area contributed by atoms with Gasteiger partial charge in [0.1, 0.15) is 12.1 Å². The molecular weight excluding hydrogens is 973 g/mol. The molecule has 2 N–H and O–H groups in total. The number of hydrogen-bond acceptors (Lipinski definition) is 8. The predicted molar refractivity (Wildman–Crippen MR) is 328 cm³/mol. The molecule has 2 unspecified atom stereocenters. The highest BCUT2D eigenvalue weighted by Gasteiger charge is 2.33. The van der Waals surface area contributed by atoms with Crippen molar-refractivity contribution in [3.8, 4) is 0 Å². The molecule has 2 aliphatic rings. The summed E-state index contributed by atoms with van der Waals surface area (Å²) in [6.07, 6.45) is 45.1. The summed E-state index contributed by atoms with van der Waals surface area (Å²) in [6.45, 7) is 23.7. The van der Waals surface area contributed by atoms with Gasteiger partial charge in [0.2, 0.25) is 23.6 Å². The largest absolute Gasteiger partial charge is 0.379 e. The second kappa shape index (κ2) is 50.4. The topological polar surface area (TPSA) is 124 Å². The van der Waals surface area contributed by atoms with E-state index in [0.29, 0.717) is 39.0 Å². The van der Waals surface area contributed by atoms with E-state index in [-0.39, 0.29) is 35.5 Å². The Hall–Kier alpha value is -2.28. The number of hydrogen-bond donors (Lipinski definition) is 2. The molecule has 78 heavy (non-hydrogen) atoms. The maximum atomic E-state index is 14.0. The lowest BCUT2D eigenvalue weighted by Crippen LogP contribution is -2.53. The zero-order valence-corrected chi connectivity index (χ0v) is 52.3. The Morgan fingerprint density at radius 1 is 0.372 bits per heavy atom. The summed E-state index contributed by atoms with van der Waals surface area (Å²) in [7, 11) is 0. The number of nitrogens with one attached hydrogen (secondary N) is 2. The summed E-state index contributed by atoms with van der Waals surface area (Å²) in [5.41, 5.74) is 0. The van der Waals surface area contributed by atoms with E-state index in [0.717, 1.165) is 130 Å². The van der Waals surface area contributed by atoms with Gasteiger partial charge in [-0.3, -0.25) is 29.0 Å². The molecule has 0 aromatic heterocycles. The molecule has 2 fully saturated rings. The molecule has 4 amide bonds. The molecule has 0 spiro atoms. The van der Waals surface area contributed by atoms with Crippen LogP contribution in [0.15, 0.2) is 0 Å². The molecule has 0 aliphatic carbocycles. The van der Waals surface area contributed by atoms with E-state index in [2.05, 4.69) is 62.0 Å². The van der Waals surface area contributed by atoms with Gasteiger partial charge in [-0.05, 0) is 50.4 Å². The number of rotatable bonds is 53. The number of unbranched alkanes of at least 4 members (excludes halogenated alkanes) is 31. The smallest absolute Gasteiger partial charge is 0.243 e. The van der Waals surface area contributed by atoms with Gasteiger partial charge >= 0.3 is 0 Å². The van der Waals surface area contributed by atoms with Crippen LogP contribution >= 0.6 is 0 Å². The van der Waals surface area contributed by atoms with Crippen LogP contribution in [0.3, 0.4) is 0 Å². The minimum absolute atomic E-state index is 0.00146. The fourth-order valence-corrected chi connectivity index (χ4v) is 11.8. The molecule has 0 saturated carbocycles. The Morgan fingerprint density at radius 2 is 0.628 bits per heavy atom. The van der Waals surface area contributed by atoms with Crippen molar-refractivity contribution >= 4 is 23.6 Å². The highest BCUT2D eigenvalue weighted by Crippen LogP contribution is 2.21. The number of ether oxygens (including phenoxy) is 2. The molecule has 0 aromatic rings. The Balaban J connectivity index is 1.79. The van der Waals surface area contributed by atoms with Crippen molar-refractivity contribution in [1.29, 1.82) is 0 Å². The van der Waals surface area contributed by atoms with Crippen molar-refractivity contribution in [3.63, 3.8) is 0 Å². The third-order valence-corrected chi connectivity index (χ3v) is 16.8. The van der Waals surface area contributed by atoms with Crippen LogP contribution in [0.2, 0.25) is 0 Å². The molecule has 2 saturated heterocycles. The van der Waals surface area contributed by atoms with Crippen LogP contribution in [0.1, 0.15) is 286 Å². The summed E-state index contributed by atoms with van der Waals surface area (Å²) < 4.78 is 11.1. The molecule has 2 rings (SSSR count). The lowest BCUT2D eigenvalue weighted by atomic mass is 9.99. The molecule has 0 radical (unpaired) electrons. The van der Waals surface area contributed by atoms with E-state index < -0.39 is 12.1 Å². The van der Waals surface area contributed by atoms with E-state index in [1.807, 2.05) is 9.80 Å². The number of morpholine rings is 2. The van der Waals surface area contributed by atoms with Gasteiger partial charge in [-0.1, -0.05) is 234 Å². The van der Waals surface area contributed by atoms with E-state index in [4.69, 9.17) is 9.47 Å². The second-order valence-electron chi connectivity index (χ2n) is 24.6. The first-order valence-corrected chi connectivity index (χ1v) is 33.8. The standard InChI is InChI=1S/C66H128N6O6/c1-7-9-11-13-15-17-19-21-23-25-27-29-31-33-37-43-61(73)71(49-41-47-69-51-55-77-56-52-69)63(59(3)4)65(75)67-45-39-35-36-40-46-68-66(76)64(60(5)6)72(50-42-48-70-53-57-78-58-54-70)62(74)44-38-34-32-30-28-26-24-22-20-18-16-14-12-10-8-2/h59-60,63-64H,7-58H2,1-6H3,(H,67,75)(H,68,76). The Morgan fingerprint density at radius 3 is 0.897 bits per heavy atom. The van der Waals surface area contributed by atoms with Gasteiger partial charge in [-0.25, -0.2) is 0 Å². The van der Waals surface area contributed by atoms with Crippen molar-refractivity contribution in [2.75, 3.05) is 91.9 Å². The summed E-state index contributed by atoms with van der Waals surface area (Å²) in [4.78, 5) is 64.5. The molecule has 0 aromatic carbocycles. The van der Waals surface area contributed by atoms with Gasteiger partial charge in [0.25, 0.3) is 0 Å². The third-order valence-electron chi connectivity index (χ3n) is 16.8. The first kappa shape index (κ1) is 71.8. The fraction of sp³-hybridized carbons (Fsp3) is 0.939. The molecule has 0 bridgehead atoms. The van der Waals surface area contributed by atoms with Crippen molar-refractivity contribution in [1.82, 2.24) is 30.2 Å². The quantitative estimate of drug-likeness (QED) is 0.0577. The molecule has 2 aliphatic heterocycles. The second-order valence-corrected chi connectivity index (χ2v) is 24.6. The van der Waals surface area contributed by atoms with Crippen molar-refractivity contribution in [3.05, 3.63) is 0 Å². The minimum Gasteiger partial charge on any atom is -0.379 e. The number of amides is 4. The summed E-state index contributed by atoms with van der Waals surface area (Å²) in [5, 5.41) is 6.45. The van der Waals surface area contributed by atoms with E-state index in [1.54, 1.807) is 0 Å².